The van der Waals surface area contributed by atoms with Crippen molar-refractivity contribution in [1.82, 2.24) is 19.5 Å². The van der Waals surface area contributed by atoms with Crippen molar-refractivity contribution >= 4 is 26.8 Å². The molecule has 0 fully saturated rings. The van der Waals surface area contributed by atoms with E-state index in [0.717, 1.165) is 33.2 Å². The summed E-state index contributed by atoms with van der Waals surface area (Å²) >= 11 is 0. The Balaban J connectivity index is 1.21. The second kappa shape index (κ2) is 8.49. The number of hydrogen-bond donors (Lipinski definition) is 1. The van der Waals surface area contributed by atoms with E-state index in [1.54, 1.807) is 24.3 Å². The fourth-order valence-corrected chi connectivity index (χ4v) is 5.71. The molecule has 0 saturated carbocycles. The van der Waals surface area contributed by atoms with Gasteiger partial charge in [0.1, 0.15) is 5.75 Å². The van der Waals surface area contributed by atoms with Gasteiger partial charge in [0.05, 0.1) is 7.11 Å². The molecule has 3 aromatic rings. The van der Waals surface area contributed by atoms with Crippen LogP contribution in [0.4, 0.5) is 4.79 Å². The Kier molecular flexibility index (Phi) is 5.51. The number of para-hydroxylation sites is 1. The van der Waals surface area contributed by atoms with E-state index in [1.165, 1.54) is 4.31 Å². The van der Waals surface area contributed by atoms with Crippen molar-refractivity contribution in [3.63, 3.8) is 0 Å². The second-order valence-electron chi connectivity index (χ2n) is 8.18. The van der Waals surface area contributed by atoms with E-state index in [9.17, 15) is 13.2 Å². The van der Waals surface area contributed by atoms with Gasteiger partial charge in [0.15, 0.2) is 5.03 Å². The number of urea groups is 1. The first-order chi connectivity index (χ1) is 16.0. The lowest BCUT2D eigenvalue weighted by Gasteiger charge is -2.23. The van der Waals surface area contributed by atoms with Crippen LogP contribution in [0.2, 0.25) is 0 Å². The predicted octanol–water partition coefficient (Wildman–Crippen LogP) is 2.77. The summed E-state index contributed by atoms with van der Waals surface area (Å²) in [7, 11) is -2.12. The van der Waals surface area contributed by atoms with E-state index in [0.29, 0.717) is 19.6 Å². The maximum Gasteiger partial charge on any atom is 0.318 e. The monoisotopic (exact) mass is 464 g/mol. The summed E-state index contributed by atoms with van der Waals surface area (Å²) in [6.07, 6.45) is 1.59. The number of carbonyl (C=O) groups is 1. The van der Waals surface area contributed by atoms with Crippen LogP contribution >= 0.6 is 0 Å². The number of hydrogen-bond acceptors (Lipinski definition) is 5. The van der Waals surface area contributed by atoms with E-state index in [1.807, 2.05) is 48.5 Å². The average molecular weight is 465 g/mol. The zero-order chi connectivity index (χ0) is 23.0. The Morgan fingerprint density at radius 2 is 1.67 bits per heavy atom. The number of carbonyl (C=O) groups excluding carboxylic acids is 1. The van der Waals surface area contributed by atoms with Crippen molar-refractivity contribution in [2.45, 2.75) is 11.6 Å². The van der Waals surface area contributed by atoms with Crippen LogP contribution < -0.4 is 10.1 Å². The highest BCUT2D eigenvalue weighted by Gasteiger charge is 2.38. The van der Waals surface area contributed by atoms with Gasteiger partial charge in [0, 0.05) is 49.9 Å². The molecule has 0 aliphatic carbocycles. The molecule has 9 heteroatoms. The molecule has 8 nitrogen and oxygen atoms in total. The average Bonchev–Trinajstić information content (AvgIpc) is 3.42. The zero-order valence-electron chi connectivity index (χ0n) is 18.2. The minimum Gasteiger partial charge on any atom is -0.496 e. The number of fused-ring (bicyclic) bond motifs is 1. The standard InChI is InChI=1S/C24H24N4O4S/c1-32-22-9-5-4-8-19(22)12-26-24(29)27-13-20-15-28(16-21(20)14-27)33(30,31)23-10-17-6-2-3-7-18(17)11-25-23/h2-11H,12-16H2,1H3,(H,26,29). The zero-order valence-corrected chi connectivity index (χ0v) is 19.0. The molecule has 5 rings (SSSR count). The van der Waals surface area contributed by atoms with Crippen molar-refractivity contribution in [1.29, 1.82) is 0 Å². The second-order valence-corrected chi connectivity index (χ2v) is 10.1. The van der Waals surface area contributed by atoms with Crippen molar-refractivity contribution in [2.24, 2.45) is 0 Å². The summed E-state index contributed by atoms with van der Waals surface area (Å²) in [6.45, 7) is 1.76. The molecule has 2 aliphatic rings. The molecule has 2 aliphatic heterocycles. The summed E-state index contributed by atoms with van der Waals surface area (Å²) in [5.41, 5.74) is 2.85. The molecule has 0 bridgehead atoms. The third-order valence-corrected chi connectivity index (χ3v) is 7.81. The van der Waals surface area contributed by atoms with Crippen LogP contribution in [0.3, 0.4) is 0 Å². The van der Waals surface area contributed by atoms with Crippen LogP contribution in [-0.4, -0.2) is 61.9 Å². The van der Waals surface area contributed by atoms with Gasteiger partial charge in [-0.15, -0.1) is 0 Å². The molecule has 170 valence electrons. The van der Waals surface area contributed by atoms with E-state index < -0.39 is 10.0 Å². The first-order valence-corrected chi connectivity index (χ1v) is 12.1. The van der Waals surface area contributed by atoms with Crippen molar-refractivity contribution < 1.29 is 17.9 Å². The fourth-order valence-electron chi connectivity index (χ4n) is 4.33. The lowest BCUT2D eigenvalue weighted by molar-refractivity contribution is 0.207. The van der Waals surface area contributed by atoms with Gasteiger partial charge in [-0.25, -0.2) is 18.2 Å². The lowest BCUT2D eigenvalue weighted by atomic mass is 10.2. The minimum absolute atomic E-state index is 0.0498. The number of aromatic nitrogens is 1. The molecule has 0 spiro atoms. The maximum atomic E-state index is 13.2. The largest absolute Gasteiger partial charge is 0.496 e. The number of nitrogens with one attached hydrogen (secondary N) is 1. The van der Waals surface area contributed by atoms with Gasteiger partial charge in [0.25, 0.3) is 10.0 Å². The van der Waals surface area contributed by atoms with Gasteiger partial charge in [-0.3, -0.25) is 0 Å². The van der Waals surface area contributed by atoms with Gasteiger partial charge in [-0.1, -0.05) is 42.5 Å². The molecule has 33 heavy (non-hydrogen) atoms. The predicted molar refractivity (Wildman–Crippen MR) is 124 cm³/mol. The number of nitrogens with zero attached hydrogens (tertiary/aromatic N) is 3. The van der Waals surface area contributed by atoms with Crippen molar-refractivity contribution in [2.75, 3.05) is 33.3 Å². The molecular formula is C24H24N4O4S. The third-order valence-electron chi connectivity index (χ3n) is 6.12. The van der Waals surface area contributed by atoms with Gasteiger partial charge in [-0.05, 0) is 28.7 Å². The van der Waals surface area contributed by atoms with E-state index in [4.69, 9.17) is 4.74 Å². The number of sulfonamides is 1. The number of pyridine rings is 1. The smallest absolute Gasteiger partial charge is 0.318 e. The Morgan fingerprint density at radius 3 is 2.39 bits per heavy atom. The Labute approximate surface area is 192 Å². The van der Waals surface area contributed by atoms with Gasteiger partial charge in [0.2, 0.25) is 0 Å². The Hall–Kier alpha value is -3.43. The molecule has 1 aromatic heterocycles. The third kappa shape index (κ3) is 4.05. The van der Waals surface area contributed by atoms with Crippen LogP contribution in [0.25, 0.3) is 10.8 Å². The summed E-state index contributed by atoms with van der Waals surface area (Å²) in [4.78, 5) is 18.6. The normalized spacial score (nSPS) is 16.3. The van der Waals surface area contributed by atoms with Crippen molar-refractivity contribution in [3.05, 3.63) is 77.5 Å². The lowest BCUT2D eigenvalue weighted by Crippen LogP contribution is -2.41. The highest BCUT2D eigenvalue weighted by molar-refractivity contribution is 7.89. The van der Waals surface area contributed by atoms with Crippen LogP contribution in [0.15, 0.2) is 77.0 Å². The number of methoxy groups -OCH3 is 1. The van der Waals surface area contributed by atoms with Crippen LogP contribution in [0.5, 0.6) is 5.75 Å². The van der Waals surface area contributed by atoms with Crippen LogP contribution in [-0.2, 0) is 16.6 Å². The first kappa shape index (κ1) is 21.4. The topological polar surface area (TPSA) is 91.8 Å². The Morgan fingerprint density at radius 1 is 1.00 bits per heavy atom. The SMILES string of the molecule is COc1ccccc1CNC(=O)N1CC2=C(C1)CN(S(=O)(=O)c1cc3ccccc3cn1)C2. The van der Waals surface area contributed by atoms with Gasteiger partial charge in [-0.2, -0.15) is 4.31 Å². The van der Waals surface area contributed by atoms with Gasteiger partial charge >= 0.3 is 6.03 Å². The number of rotatable bonds is 5. The fraction of sp³-hybridized carbons (Fsp3) is 0.250. The highest BCUT2D eigenvalue weighted by Crippen LogP contribution is 2.30. The molecule has 0 radical (unpaired) electrons. The Bertz CT molecular complexity index is 1350. The first-order valence-electron chi connectivity index (χ1n) is 10.6. The molecule has 1 N–H and O–H groups in total. The van der Waals surface area contributed by atoms with Crippen LogP contribution in [0.1, 0.15) is 5.56 Å². The molecule has 0 unspecified atom stereocenters. The molecule has 0 atom stereocenters. The summed E-state index contributed by atoms with van der Waals surface area (Å²) in [5.74, 6) is 0.725. The number of ether oxygens (including phenoxy) is 1. The molecule has 0 saturated heterocycles. The van der Waals surface area contributed by atoms with E-state index >= 15 is 0 Å². The molecule has 2 aromatic carbocycles. The quantitative estimate of drug-likeness (QED) is 0.587. The summed E-state index contributed by atoms with van der Waals surface area (Å²) in [6, 6.07) is 16.5. The van der Waals surface area contributed by atoms with Crippen molar-refractivity contribution in [3.8, 4) is 5.75 Å². The van der Waals surface area contributed by atoms with Gasteiger partial charge < -0.3 is 15.0 Å². The summed E-state index contributed by atoms with van der Waals surface area (Å²) in [5, 5.41) is 4.71. The molecular weight excluding hydrogens is 440 g/mol. The summed E-state index contributed by atoms with van der Waals surface area (Å²) < 4.78 is 33.1. The maximum absolute atomic E-state index is 13.2. The number of amides is 2. The van der Waals surface area contributed by atoms with E-state index in [2.05, 4.69) is 10.3 Å². The molecule has 2 amide bonds. The molecule has 3 heterocycles. The highest BCUT2D eigenvalue weighted by atomic mass is 32.2. The number of benzene rings is 2. The van der Waals surface area contributed by atoms with E-state index in [-0.39, 0.29) is 24.1 Å². The van der Waals surface area contributed by atoms with Crippen LogP contribution in [0, 0.1) is 0 Å². The minimum atomic E-state index is -3.72.